The molecule has 9 nitrogen and oxygen atoms in total. The van der Waals surface area contributed by atoms with Gasteiger partial charge >= 0.3 is 0 Å². The summed E-state index contributed by atoms with van der Waals surface area (Å²) in [5, 5.41) is 12.7. The molecule has 0 radical (unpaired) electrons. The van der Waals surface area contributed by atoms with Crippen LogP contribution in [0.4, 0.5) is 0 Å². The number of para-hydroxylation sites is 1. The molecule has 1 aliphatic heterocycles. The largest absolute Gasteiger partial charge is 0.504 e. The van der Waals surface area contributed by atoms with Gasteiger partial charge in [-0.25, -0.2) is 4.98 Å². The van der Waals surface area contributed by atoms with Crippen molar-refractivity contribution in [1.29, 1.82) is 0 Å². The zero-order chi connectivity index (χ0) is 24.6. The fourth-order valence-corrected chi connectivity index (χ4v) is 4.17. The van der Waals surface area contributed by atoms with Crippen LogP contribution in [-0.2, 0) is 19.5 Å². The number of rotatable bonds is 10. The molecule has 4 rings (SSSR count). The van der Waals surface area contributed by atoms with E-state index in [4.69, 9.17) is 13.9 Å². The van der Waals surface area contributed by atoms with E-state index < -0.39 is 0 Å². The first-order valence-corrected chi connectivity index (χ1v) is 11.7. The molecule has 0 bridgehead atoms. The standard InChI is InChI=1S/C26H32N4O5/c1-33-23-6-4-3-5-20(23)9-10-27-26(32)21-18-35-25(28-21)17-30-13-11-29(12-14-30)16-19-7-8-22(31)24(15-19)34-2/h3-8,15,18,31H,9-14,16-17H2,1-2H3,(H,27,32). The molecule has 1 saturated heterocycles. The molecule has 0 unspecified atom stereocenters. The molecule has 3 aromatic rings. The van der Waals surface area contributed by atoms with Crippen LogP contribution >= 0.6 is 0 Å². The molecule has 186 valence electrons. The first-order valence-electron chi connectivity index (χ1n) is 11.7. The molecule has 0 saturated carbocycles. The molecule has 1 aliphatic rings. The second-order valence-electron chi connectivity index (χ2n) is 8.50. The highest BCUT2D eigenvalue weighted by atomic mass is 16.5. The van der Waals surface area contributed by atoms with Gasteiger partial charge in [-0.3, -0.25) is 14.6 Å². The van der Waals surface area contributed by atoms with E-state index in [-0.39, 0.29) is 11.7 Å². The summed E-state index contributed by atoms with van der Waals surface area (Å²) < 4.78 is 16.1. The predicted molar refractivity (Wildman–Crippen MR) is 131 cm³/mol. The van der Waals surface area contributed by atoms with Gasteiger partial charge in [-0.05, 0) is 35.7 Å². The zero-order valence-electron chi connectivity index (χ0n) is 20.2. The number of hydrogen-bond acceptors (Lipinski definition) is 8. The smallest absolute Gasteiger partial charge is 0.273 e. The molecule has 0 atom stereocenters. The monoisotopic (exact) mass is 480 g/mol. The van der Waals surface area contributed by atoms with Gasteiger partial charge in [0.25, 0.3) is 5.91 Å². The van der Waals surface area contributed by atoms with Crippen molar-refractivity contribution >= 4 is 5.91 Å². The second kappa shape index (κ2) is 11.7. The Morgan fingerprint density at radius 1 is 1.03 bits per heavy atom. The number of phenols is 1. The zero-order valence-corrected chi connectivity index (χ0v) is 20.2. The van der Waals surface area contributed by atoms with Crippen LogP contribution in [0.3, 0.4) is 0 Å². The van der Waals surface area contributed by atoms with E-state index in [0.717, 1.165) is 49.6 Å². The van der Waals surface area contributed by atoms with Crippen molar-refractivity contribution in [3.8, 4) is 17.2 Å². The van der Waals surface area contributed by atoms with E-state index in [1.165, 1.54) is 6.26 Å². The molecule has 9 heteroatoms. The van der Waals surface area contributed by atoms with Crippen molar-refractivity contribution in [3.05, 3.63) is 71.4 Å². The number of nitrogens with one attached hydrogen (secondary N) is 1. The number of phenolic OH excluding ortho intramolecular Hbond substituents is 1. The van der Waals surface area contributed by atoms with Gasteiger partial charge in [-0.2, -0.15) is 0 Å². The number of amides is 1. The minimum Gasteiger partial charge on any atom is -0.504 e. The van der Waals surface area contributed by atoms with Crippen LogP contribution in [-0.4, -0.2) is 72.7 Å². The summed E-state index contributed by atoms with van der Waals surface area (Å²) in [4.78, 5) is 21.5. The molecule has 1 fully saturated rings. The molecule has 0 spiro atoms. The lowest BCUT2D eigenvalue weighted by molar-refractivity contribution is 0.0948. The third-order valence-electron chi connectivity index (χ3n) is 6.13. The molecular formula is C26H32N4O5. The number of carbonyl (C=O) groups is 1. The van der Waals surface area contributed by atoms with Gasteiger partial charge in [0.1, 0.15) is 12.0 Å². The lowest BCUT2D eigenvalue weighted by atomic mass is 10.1. The quantitative estimate of drug-likeness (QED) is 0.457. The summed E-state index contributed by atoms with van der Waals surface area (Å²) in [6.07, 6.45) is 2.09. The average molecular weight is 481 g/mol. The summed E-state index contributed by atoms with van der Waals surface area (Å²) >= 11 is 0. The summed E-state index contributed by atoms with van der Waals surface area (Å²) in [5.74, 6) is 1.75. The Kier molecular flexibility index (Phi) is 8.23. The van der Waals surface area contributed by atoms with Gasteiger partial charge < -0.3 is 24.3 Å². The van der Waals surface area contributed by atoms with Crippen molar-refractivity contribution in [2.75, 3.05) is 46.9 Å². The number of carbonyl (C=O) groups excluding carboxylic acids is 1. The Labute approximate surface area is 205 Å². The van der Waals surface area contributed by atoms with Crippen LogP contribution in [0.2, 0.25) is 0 Å². The first-order chi connectivity index (χ1) is 17.1. The Hall–Kier alpha value is -3.56. The van der Waals surface area contributed by atoms with Crippen LogP contribution in [0.15, 0.2) is 53.1 Å². The average Bonchev–Trinajstić information content (AvgIpc) is 3.35. The van der Waals surface area contributed by atoms with Crippen LogP contribution in [0, 0.1) is 0 Å². The molecule has 1 amide bonds. The number of hydrogen-bond donors (Lipinski definition) is 2. The molecular weight excluding hydrogens is 448 g/mol. The summed E-state index contributed by atoms with van der Waals surface area (Å²) in [6, 6.07) is 13.2. The predicted octanol–water partition coefficient (Wildman–Crippen LogP) is 2.69. The van der Waals surface area contributed by atoms with Crippen LogP contribution < -0.4 is 14.8 Å². The maximum atomic E-state index is 12.5. The van der Waals surface area contributed by atoms with E-state index in [2.05, 4.69) is 20.1 Å². The van der Waals surface area contributed by atoms with Crippen molar-refractivity contribution in [3.63, 3.8) is 0 Å². The SMILES string of the molecule is COc1cc(CN2CCN(Cc3nc(C(=O)NCCc4ccccc4OC)co3)CC2)ccc1O. The van der Waals surface area contributed by atoms with Gasteiger partial charge in [0.15, 0.2) is 17.2 Å². The second-order valence-corrected chi connectivity index (χ2v) is 8.50. The maximum Gasteiger partial charge on any atom is 0.273 e. The number of ether oxygens (including phenoxy) is 2. The highest BCUT2D eigenvalue weighted by Gasteiger charge is 2.20. The molecule has 35 heavy (non-hydrogen) atoms. The number of piperazine rings is 1. The highest BCUT2D eigenvalue weighted by molar-refractivity contribution is 5.91. The van der Waals surface area contributed by atoms with Gasteiger partial charge in [0.05, 0.1) is 20.8 Å². The highest BCUT2D eigenvalue weighted by Crippen LogP contribution is 2.27. The number of aromatic nitrogens is 1. The van der Waals surface area contributed by atoms with Gasteiger partial charge in [-0.1, -0.05) is 24.3 Å². The molecule has 2 heterocycles. The van der Waals surface area contributed by atoms with Gasteiger partial charge in [0.2, 0.25) is 5.89 Å². The molecule has 2 N–H and O–H groups in total. The van der Waals surface area contributed by atoms with E-state index in [1.807, 2.05) is 36.4 Å². The fourth-order valence-electron chi connectivity index (χ4n) is 4.17. The lowest BCUT2D eigenvalue weighted by Crippen LogP contribution is -2.45. The number of benzene rings is 2. The molecule has 0 aliphatic carbocycles. The number of methoxy groups -OCH3 is 2. The molecule has 1 aromatic heterocycles. The summed E-state index contributed by atoms with van der Waals surface area (Å²) in [7, 11) is 3.19. The Morgan fingerprint density at radius 3 is 2.49 bits per heavy atom. The minimum absolute atomic E-state index is 0.150. The topological polar surface area (TPSA) is 100 Å². The van der Waals surface area contributed by atoms with E-state index in [1.54, 1.807) is 20.3 Å². The lowest BCUT2D eigenvalue weighted by Gasteiger charge is -2.34. The van der Waals surface area contributed by atoms with Gasteiger partial charge in [0, 0.05) is 39.3 Å². The van der Waals surface area contributed by atoms with Crippen molar-refractivity contribution in [2.45, 2.75) is 19.5 Å². The number of oxazole rings is 1. The third kappa shape index (κ3) is 6.52. The van der Waals surface area contributed by atoms with E-state index in [9.17, 15) is 9.90 Å². The van der Waals surface area contributed by atoms with Crippen LogP contribution in [0.5, 0.6) is 17.2 Å². The Morgan fingerprint density at radius 2 is 1.74 bits per heavy atom. The third-order valence-corrected chi connectivity index (χ3v) is 6.13. The Bertz CT molecular complexity index is 1120. The van der Waals surface area contributed by atoms with Crippen molar-refractivity contribution < 1.29 is 23.8 Å². The summed E-state index contributed by atoms with van der Waals surface area (Å²) in [6.45, 7) is 5.39. The Balaban J connectivity index is 1.21. The summed E-state index contributed by atoms with van der Waals surface area (Å²) in [5.41, 5.74) is 2.43. The van der Waals surface area contributed by atoms with E-state index >= 15 is 0 Å². The maximum absolute atomic E-state index is 12.5. The fraction of sp³-hybridized carbons (Fsp3) is 0.385. The minimum atomic E-state index is -0.246. The number of nitrogens with zero attached hydrogens (tertiary/aromatic N) is 3. The van der Waals surface area contributed by atoms with Gasteiger partial charge in [-0.15, -0.1) is 0 Å². The first kappa shape index (κ1) is 24.6. The molecule has 2 aromatic carbocycles. The van der Waals surface area contributed by atoms with E-state index in [0.29, 0.717) is 36.8 Å². The normalized spacial score (nSPS) is 14.6. The van der Waals surface area contributed by atoms with Crippen molar-refractivity contribution in [1.82, 2.24) is 20.1 Å². The van der Waals surface area contributed by atoms with Crippen LogP contribution in [0.25, 0.3) is 0 Å². The van der Waals surface area contributed by atoms with Crippen LogP contribution in [0.1, 0.15) is 27.5 Å². The van der Waals surface area contributed by atoms with Crippen molar-refractivity contribution in [2.24, 2.45) is 0 Å². The number of aromatic hydroxyl groups is 1.